The molecule has 2 heterocycles. The fraction of sp³-hybridized carbons (Fsp3) is 0.362. The van der Waals surface area contributed by atoms with Crippen LogP contribution in [0.1, 0.15) is 81.0 Å². The Balaban J connectivity index is 1.28. The number of aryl methyl sites for hydroxylation is 2. The molecule has 2 saturated carbocycles. The highest BCUT2D eigenvalue weighted by Gasteiger charge is 2.64. The van der Waals surface area contributed by atoms with Crippen molar-refractivity contribution in [3.8, 4) is 22.3 Å². The van der Waals surface area contributed by atoms with Gasteiger partial charge in [0, 0.05) is 11.6 Å². The van der Waals surface area contributed by atoms with Gasteiger partial charge < -0.3 is 25.2 Å². The van der Waals surface area contributed by atoms with Crippen LogP contribution in [0.3, 0.4) is 0 Å². The summed E-state index contributed by atoms with van der Waals surface area (Å²) in [5.41, 5.74) is 3.14. The van der Waals surface area contributed by atoms with E-state index in [0.29, 0.717) is 71.9 Å². The molecule has 8 rings (SSSR count). The van der Waals surface area contributed by atoms with E-state index in [0.717, 1.165) is 47.2 Å². The molecule has 4 aromatic carbocycles. The molecule has 2 spiro atoms. The number of hydrogen-bond donors (Lipinski definition) is 3. The molecule has 2 fully saturated rings. The Kier molecular flexibility index (Phi) is 10.1. The van der Waals surface area contributed by atoms with Crippen molar-refractivity contribution in [3.63, 3.8) is 0 Å². The van der Waals surface area contributed by atoms with Crippen molar-refractivity contribution >= 4 is 34.6 Å². The topological polar surface area (TPSA) is 99.1 Å². The highest BCUT2D eigenvalue weighted by Crippen LogP contribution is 2.55. The van der Waals surface area contributed by atoms with E-state index in [1.165, 1.54) is 6.07 Å². The van der Waals surface area contributed by atoms with E-state index in [2.05, 4.69) is 12.2 Å². The molecular formula is C47H47ClF2N2O5. The van der Waals surface area contributed by atoms with Gasteiger partial charge in [0.15, 0.2) is 11.6 Å². The molecule has 4 aromatic rings. The third kappa shape index (κ3) is 6.43. The van der Waals surface area contributed by atoms with Crippen molar-refractivity contribution in [3.05, 3.63) is 129 Å². The number of carbonyl (C=O) groups is 2. The van der Waals surface area contributed by atoms with Crippen molar-refractivity contribution in [1.82, 2.24) is 10.2 Å². The number of ether oxygens (including phenoxy) is 1. The number of hydrogen-bond acceptors (Lipinski definition) is 5. The lowest BCUT2D eigenvalue weighted by Crippen LogP contribution is -2.69. The lowest BCUT2D eigenvalue weighted by molar-refractivity contribution is -0.142. The largest absolute Gasteiger partial charge is 0.509 e. The molecule has 57 heavy (non-hydrogen) atoms. The van der Waals surface area contributed by atoms with Gasteiger partial charge in [-0.2, -0.15) is 0 Å². The van der Waals surface area contributed by atoms with Gasteiger partial charge in [0.1, 0.15) is 22.6 Å². The number of amides is 2. The Labute approximate surface area is 337 Å². The minimum Gasteiger partial charge on any atom is -0.509 e. The molecule has 0 saturated heterocycles. The SMILES string of the molecule is CCOC1CCC2(NC(=O)C(c3cc(-c4ccc(Cl)cc4)ccc3C)=C2O)C(N2C(=O)C(c3cc(-c4ccc(F)c(F)c4)ccc3C)=C(O)[C@]23CC[C@@H](C)CC3)C1. The zero-order valence-corrected chi connectivity index (χ0v) is 33.4. The zero-order chi connectivity index (χ0) is 40.4. The summed E-state index contributed by atoms with van der Waals surface area (Å²) < 4.78 is 34.5. The maximum absolute atomic E-state index is 15.4. The standard InChI is InChI=1S/C47H47ClF2N2O5/c1-5-57-34-18-21-47(43(54)40(44(55)51-47)35-22-30(8-6-27(35)3)29-10-13-33(48)14-11-29)39(25-34)52-45(56)41(42(53)46(52)19-16-26(2)17-20-46)36-23-31(9-7-28(36)4)32-12-15-37(49)38(50)24-32/h6-15,22-24,26,34,39,53-54H,5,16-21,25H2,1-4H3,(H,51,55)/t26-,34?,39?,46-,47?. The van der Waals surface area contributed by atoms with Crippen molar-refractivity contribution in [1.29, 1.82) is 0 Å². The molecule has 4 aliphatic rings. The molecule has 7 nitrogen and oxygen atoms in total. The van der Waals surface area contributed by atoms with Crippen LogP contribution in [0.4, 0.5) is 8.78 Å². The average molecular weight is 793 g/mol. The molecule has 2 aliphatic carbocycles. The summed E-state index contributed by atoms with van der Waals surface area (Å²) in [5, 5.41) is 29.1. The Bertz CT molecular complexity index is 2350. The first-order chi connectivity index (χ1) is 27.3. The number of nitrogens with one attached hydrogen (secondary N) is 1. The summed E-state index contributed by atoms with van der Waals surface area (Å²) in [6.45, 7) is 8.28. The second-order valence-electron chi connectivity index (χ2n) is 16.3. The van der Waals surface area contributed by atoms with Gasteiger partial charge in [-0.15, -0.1) is 0 Å². The van der Waals surface area contributed by atoms with Gasteiger partial charge >= 0.3 is 0 Å². The molecule has 3 N–H and O–H groups in total. The van der Waals surface area contributed by atoms with Crippen LogP contribution in [0, 0.1) is 31.4 Å². The van der Waals surface area contributed by atoms with Crippen molar-refractivity contribution < 1.29 is 33.3 Å². The summed E-state index contributed by atoms with van der Waals surface area (Å²) in [6, 6.07) is 21.4. The minimum absolute atomic E-state index is 0.0434. The Morgan fingerprint density at radius 3 is 1.98 bits per heavy atom. The number of rotatable bonds is 7. The molecule has 296 valence electrons. The highest BCUT2D eigenvalue weighted by molar-refractivity contribution is 6.30. The van der Waals surface area contributed by atoms with Crippen LogP contribution in [-0.4, -0.2) is 56.8 Å². The van der Waals surface area contributed by atoms with Gasteiger partial charge in [0.2, 0.25) is 0 Å². The lowest BCUT2D eigenvalue weighted by Gasteiger charge is -2.54. The molecule has 0 radical (unpaired) electrons. The van der Waals surface area contributed by atoms with E-state index in [1.807, 2.05) is 57.2 Å². The number of aliphatic hydroxyl groups excluding tert-OH is 2. The minimum atomic E-state index is -1.37. The van der Waals surface area contributed by atoms with Gasteiger partial charge in [0.05, 0.1) is 23.3 Å². The second-order valence-corrected chi connectivity index (χ2v) is 16.8. The Morgan fingerprint density at radius 1 is 0.772 bits per heavy atom. The fourth-order valence-electron chi connectivity index (χ4n) is 9.79. The van der Waals surface area contributed by atoms with E-state index >= 15 is 4.79 Å². The normalized spacial score (nSPS) is 26.3. The Hall–Kier alpha value is -4.99. The lowest BCUT2D eigenvalue weighted by atomic mass is 9.70. The van der Waals surface area contributed by atoms with E-state index in [1.54, 1.807) is 29.2 Å². The predicted octanol–water partition coefficient (Wildman–Crippen LogP) is 10.4. The maximum Gasteiger partial charge on any atom is 0.259 e. The van der Waals surface area contributed by atoms with Gasteiger partial charge in [-0.25, -0.2) is 8.78 Å². The zero-order valence-electron chi connectivity index (χ0n) is 32.6. The van der Waals surface area contributed by atoms with Crippen molar-refractivity contribution in [2.75, 3.05) is 6.61 Å². The van der Waals surface area contributed by atoms with Crippen LogP contribution in [0.15, 0.2) is 90.4 Å². The van der Waals surface area contributed by atoms with E-state index in [4.69, 9.17) is 16.3 Å². The maximum atomic E-state index is 15.4. The smallest absolute Gasteiger partial charge is 0.259 e. The molecule has 2 aliphatic heterocycles. The number of halogens is 3. The molecule has 0 aromatic heterocycles. The summed E-state index contributed by atoms with van der Waals surface area (Å²) in [5.74, 6) is -2.60. The first kappa shape index (κ1) is 38.9. The fourth-order valence-corrected chi connectivity index (χ4v) is 9.91. The van der Waals surface area contributed by atoms with Crippen LogP contribution in [0.2, 0.25) is 5.02 Å². The Morgan fingerprint density at radius 2 is 1.35 bits per heavy atom. The van der Waals surface area contributed by atoms with Crippen molar-refractivity contribution in [2.24, 2.45) is 5.92 Å². The van der Waals surface area contributed by atoms with Crippen LogP contribution in [0.5, 0.6) is 0 Å². The van der Waals surface area contributed by atoms with Crippen LogP contribution in [-0.2, 0) is 14.3 Å². The quantitative estimate of drug-likeness (QED) is 0.173. The summed E-state index contributed by atoms with van der Waals surface area (Å²) >= 11 is 6.18. The molecule has 10 heteroatoms. The van der Waals surface area contributed by atoms with Gasteiger partial charge in [-0.3, -0.25) is 9.59 Å². The highest BCUT2D eigenvalue weighted by atomic mass is 35.5. The number of carbonyl (C=O) groups excluding carboxylic acids is 2. The van der Waals surface area contributed by atoms with E-state index in [-0.39, 0.29) is 28.8 Å². The number of aliphatic hydroxyl groups is 2. The summed E-state index contributed by atoms with van der Waals surface area (Å²) in [6.07, 6.45) is 3.33. The number of benzene rings is 4. The second kappa shape index (κ2) is 14.7. The molecule has 2 amide bonds. The van der Waals surface area contributed by atoms with Crippen LogP contribution < -0.4 is 5.32 Å². The van der Waals surface area contributed by atoms with Crippen LogP contribution in [0.25, 0.3) is 33.4 Å². The molecule has 0 bridgehead atoms. The third-order valence-electron chi connectivity index (χ3n) is 13.0. The molecule has 3 unspecified atom stereocenters. The average Bonchev–Trinajstić information content (AvgIpc) is 3.56. The number of nitrogens with zero attached hydrogens (tertiary/aromatic N) is 1. The van der Waals surface area contributed by atoms with Gasteiger partial charge in [-0.05, 0) is 153 Å². The first-order valence-electron chi connectivity index (χ1n) is 19.9. The van der Waals surface area contributed by atoms with E-state index in [9.17, 15) is 23.8 Å². The van der Waals surface area contributed by atoms with Gasteiger partial charge in [0.25, 0.3) is 11.8 Å². The van der Waals surface area contributed by atoms with Crippen molar-refractivity contribution in [2.45, 2.75) is 95.9 Å². The van der Waals surface area contributed by atoms with Gasteiger partial charge in [-0.1, -0.05) is 61.0 Å². The molecular weight excluding hydrogens is 746 g/mol. The third-order valence-corrected chi connectivity index (χ3v) is 13.2. The van der Waals surface area contributed by atoms with E-state index < -0.39 is 40.6 Å². The summed E-state index contributed by atoms with van der Waals surface area (Å²) in [7, 11) is 0. The summed E-state index contributed by atoms with van der Waals surface area (Å²) in [4.78, 5) is 31.6. The first-order valence-corrected chi connectivity index (χ1v) is 20.2. The monoisotopic (exact) mass is 792 g/mol. The predicted molar refractivity (Wildman–Crippen MR) is 218 cm³/mol. The van der Waals surface area contributed by atoms with Crippen LogP contribution >= 0.6 is 11.6 Å². The molecule has 3 atom stereocenters.